The second-order valence-electron chi connectivity index (χ2n) is 7.10. The van der Waals surface area contributed by atoms with E-state index in [1.165, 1.54) is 6.42 Å². The topological polar surface area (TPSA) is 71.3 Å². The number of aromatic nitrogens is 2. The van der Waals surface area contributed by atoms with E-state index in [2.05, 4.69) is 20.2 Å². The monoisotopic (exact) mass is 410 g/mol. The van der Waals surface area contributed by atoms with E-state index in [-0.39, 0.29) is 12.3 Å². The molecule has 1 aliphatic heterocycles. The zero-order valence-electron chi connectivity index (χ0n) is 16.1. The number of anilines is 2. The van der Waals surface area contributed by atoms with Crippen LogP contribution in [0.3, 0.4) is 0 Å². The lowest BCUT2D eigenvalue weighted by Gasteiger charge is -2.29. The minimum atomic E-state index is -0.0810. The third-order valence-electron chi connectivity index (χ3n) is 4.96. The summed E-state index contributed by atoms with van der Waals surface area (Å²) < 4.78 is 5.77. The van der Waals surface area contributed by atoms with E-state index < -0.39 is 0 Å². The van der Waals surface area contributed by atoms with Crippen LogP contribution in [0.5, 0.6) is 0 Å². The molecule has 1 aromatic carbocycles. The smallest absolute Gasteiger partial charge is 0.224 e. The Kier molecular flexibility index (Phi) is 6.10. The summed E-state index contributed by atoms with van der Waals surface area (Å²) in [4.78, 5) is 23.5. The molecule has 0 bridgehead atoms. The number of nitrogens with zero attached hydrogens (tertiary/aromatic N) is 3. The fourth-order valence-electron chi connectivity index (χ4n) is 3.46. The van der Waals surface area contributed by atoms with Gasteiger partial charge in [-0.1, -0.05) is 11.6 Å². The number of pyridine rings is 1. The van der Waals surface area contributed by atoms with Crippen LogP contribution in [-0.2, 0) is 11.2 Å². The van der Waals surface area contributed by atoms with Crippen molar-refractivity contribution in [3.63, 3.8) is 0 Å². The molecule has 1 amide bonds. The van der Waals surface area contributed by atoms with E-state index in [1.807, 2.05) is 24.3 Å². The Bertz CT molecular complexity index is 965. The average molecular weight is 411 g/mol. The summed E-state index contributed by atoms with van der Waals surface area (Å²) in [5.41, 5.74) is 1.66. The minimum Gasteiger partial charge on any atom is -0.441 e. The molecule has 7 heteroatoms. The molecule has 2 aromatic heterocycles. The Labute approximate surface area is 174 Å². The van der Waals surface area contributed by atoms with Gasteiger partial charge in [0.1, 0.15) is 0 Å². The number of piperidine rings is 1. The summed E-state index contributed by atoms with van der Waals surface area (Å²) in [6.45, 7) is 1.95. The van der Waals surface area contributed by atoms with Crippen molar-refractivity contribution in [3.8, 4) is 11.3 Å². The molecular formula is C22H23ClN4O2. The average Bonchev–Trinajstić information content (AvgIpc) is 3.23. The molecule has 0 radical (unpaired) electrons. The number of nitrogens with one attached hydrogen (secondary N) is 1. The number of rotatable bonds is 6. The summed E-state index contributed by atoms with van der Waals surface area (Å²) in [5, 5.41) is 3.67. The van der Waals surface area contributed by atoms with Crippen LogP contribution in [0.4, 0.5) is 11.5 Å². The summed E-state index contributed by atoms with van der Waals surface area (Å²) in [5.74, 6) is 1.97. The molecule has 0 atom stereocenters. The van der Waals surface area contributed by atoms with Crippen LogP contribution in [-0.4, -0.2) is 29.0 Å². The predicted molar refractivity (Wildman–Crippen MR) is 114 cm³/mol. The number of benzene rings is 1. The molecule has 150 valence electrons. The Morgan fingerprint density at radius 2 is 1.90 bits per heavy atom. The van der Waals surface area contributed by atoms with Gasteiger partial charge in [0.25, 0.3) is 0 Å². The van der Waals surface area contributed by atoms with E-state index in [1.54, 1.807) is 24.5 Å². The van der Waals surface area contributed by atoms with Crippen LogP contribution in [0.2, 0.25) is 5.02 Å². The van der Waals surface area contributed by atoms with Gasteiger partial charge in [-0.25, -0.2) is 9.97 Å². The SMILES string of the molecule is O=C(CCc1ncc(-c2ccc(Cl)cc2)o1)Nc1cccnc1N1CCCCC1. The maximum atomic E-state index is 12.5. The van der Waals surface area contributed by atoms with Gasteiger partial charge in [0.2, 0.25) is 5.91 Å². The lowest BCUT2D eigenvalue weighted by molar-refractivity contribution is -0.116. The first-order valence-corrected chi connectivity index (χ1v) is 10.3. The Morgan fingerprint density at radius 1 is 1.10 bits per heavy atom. The highest BCUT2D eigenvalue weighted by Crippen LogP contribution is 2.26. The van der Waals surface area contributed by atoms with Gasteiger partial charge < -0.3 is 14.6 Å². The van der Waals surface area contributed by atoms with Crippen molar-refractivity contribution in [3.05, 3.63) is 59.7 Å². The molecule has 0 unspecified atom stereocenters. The summed E-state index contributed by atoms with van der Waals surface area (Å²) in [6, 6.07) is 11.1. The van der Waals surface area contributed by atoms with Crippen LogP contribution in [0.1, 0.15) is 31.6 Å². The molecule has 0 aliphatic carbocycles. The number of hydrogen-bond acceptors (Lipinski definition) is 5. The normalized spacial score (nSPS) is 14.0. The fourth-order valence-corrected chi connectivity index (χ4v) is 3.58. The maximum Gasteiger partial charge on any atom is 0.224 e. The molecular weight excluding hydrogens is 388 g/mol. The van der Waals surface area contributed by atoms with E-state index in [9.17, 15) is 4.79 Å². The molecule has 3 heterocycles. The molecule has 1 N–H and O–H groups in total. The molecule has 0 spiro atoms. The van der Waals surface area contributed by atoms with Crippen molar-refractivity contribution in [1.29, 1.82) is 0 Å². The zero-order chi connectivity index (χ0) is 20.1. The van der Waals surface area contributed by atoms with Gasteiger partial charge in [-0.2, -0.15) is 0 Å². The van der Waals surface area contributed by atoms with E-state index in [0.717, 1.165) is 43.0 Å². The highest BCUT2D eigenvalue weighted by atomic mass is 35.5. The maximum absolute atomic E-state index is 12.5. The highest BCUT2D eigenvalue weighted by molar-refractivity contribution is 6.30. The Balaban J connectivity index is 1.36. The van der Waals surface area contributed by atoms with Crippen LogP contribution < -0.4 is 10.2 Å². The number of halogens is 1. The van der Waals surface area contributed by atoms with Gasteiger partial charge in [0, 0.05) is 42.7 Å². The fraction of sp³-hybridized carbons (Fsp3) is 0.318. The lowest BCUT2D eigenvalue weighted by atomic mass is 10.1. The first-order chi connectivity index (χ1) is 14.2. The van der Waals surface area contributed by atoms with Crippen molar-refractivity contribution in [2.24, 2.45) is 0 Å². The molecule has 1 aliphatic rings. The molecule has 3 aromatic rings. The van der Waals surface area contributed by atoms with Crippen molar-refractivity contribution < 1.29 is 9.21 Å². The van der Waals surface area contributed by atoms with Gasteiger partial charge in [-0.05, 0) is 55.7 Å². The van der Waals surface area contributed by atoms with Crippen molar-refractivity contribution in [1.82, 2.24) is 9.97 Å². The summed E-state index contributed by atoms with van der Waals surface area (Å²) >= 11 is 5.92. The highest BCUT2D eigenvalue weighted by Gasteiger charge is 2.17. The third kappa shape index (κ3) is 4.95. The van der Waals surface area contributed by atoms with Gasteiger partial charge in [-0.15, -0.1) is 0 Å². The Hall–Kier alpha value is -2.86. The van der Waals surface area contributed by atoms with Crippen molar-refractivity contribution >= 4 is 29.0 Å². The number of carbonyl (C=O) groups excluding carboxylic acids is 1. The summed E-state index contributed by atoms with van der Waals surface area (Å²) in [6.07, 6.45) is 7.72. The molecule has 4 rings (SSSR count). The minimum absolute atomic E-state index is 0.0810. The third-order valence-corrected chi connectivity index (χ3v) is 5.22. The molecule has 6 nitrogen and oxygen atoms in total. The first-order valence-electron chi connectivity index (χ1n) is 9.89. The van der Waals surface area contributed by atoms with Crippen LogP contribution in [0.15, 0.2) is 53.2 Å². The first kappa shape index (κ1) is 19.5. The van der Waals surface area contributed by atoms with Crippen molar-refractivity contribution in [2.45, 2.75) is 32.1 Å². The standard InChI is InChI=1S/C22H23ClN4O2/c23-17-8-6-16(7-9-17)19-15-25-21(29-19)11-10-20(28)26-18-5-4-12-24-22(18)27-13-2-1-3-14-27/h4-9,12,15H,1-3,10-11,13-14H2,(H,26,28). The second kappa shape index (κ2) is 9.09. The molecule has 1 fully saturated rings. The zero-order valence-corrected chi connectivity index (χ0v) is 16.9. The predicted octanol–water partition coefficient (Wildman–Crippen LogP) is 4.95. The Morgan fingerprint density at radius 3 is 2.69 bits per heavy atom. The number of amides is 1. The van der Waals surface area contributed by atoms with Crippen LogP contribution >= 0.6 is 11.6 Å². The van der Waals surface area contributed by atoms with Gasteiger partial charge in [-0.3, -0.25) is 4.79 Å². The van der Waals surface area contributed by atoms with E-state index >= 15 is 0 Å². The molecule has 0 saturated carbocycles. The number of aryl methyl sites for hydroxylation is 1. The number of oxazole rings is 1. The second-order valence-corrected chi connectivity index (χ2v) is 7.53. The number of hydrogen-bond donors (Lipinski definition) is 1. The van der Waals surface area contributed by atoms with Gasteiger partial charge >= 0.3 is 0 Å². The van der Waals surface area contributed by atoms with Crippen LogP contribution in [0.25, 0.3) is 11.3 Å². The van der Waals surface area contributed by atoms with Crippen LogP contribution in [0, 0.1) is 0 Å². The van der Waals surface area contributed by atoms with Gasteiger partial charge in [0.15, 0.2) is 17.5 Å². The summed E-state index contributed by atoms with van der Waals surface area (Å²) in [7, 11) is 0. The van der Waals surface area contributed by atoms with Gasteiger partial charge in [0.05, 0.1) is 11.9 Å². The van der Waals surface area contributed by atoms with Crippen molar-refractivity contribution in [2.75, 3.05) is 23.3 Å². The molecule has 1 saturated heterocycles. The van der Waals surface area contributed by atoms with E-state index in [4.69, 9.17) is 16.0 Å². The van der Waals surface area contributed by atoms with E-state index in [0.29, 0.717) is 23.1 Å². The lowest BCUT2D eigenvalue weighted by Crippen LogP contribution is -2.31. The largest absolute Gasteiger partial charge is 0.441 e. The quantitative estimate of drug-likeness (QED) is 0.622. The number of carbonyl (C=O) groups is 1. The molecule has 29 heavy (non-hydrogen) atoms.